The average molecular weight is 412 g/mol. The maximum Gasteiger partial charge on any atom is 0.191 e. The lowest BCUT2D eigenvalue weighted by molar-refractivity contribution is 0.0323. The summed E-state index contributed by atoms with van der Waals surface area (Å²) >= 11 is 0. The van der Waals surface area contributed by atoms with Crippen LogP contribution in [0, 0.1) is 5.92 Å². The fraction of sp³-hybridized carbons (Fsp3) is 0.933. The van der Waals surface area contributed by atoms with Crippen molar-refractivity contribution in [1.29, 1.82) is 0 Å². The number of hydrogen-bond donors (Lipinski definition) is 2. The van der Waals surface area contributed by atoms with E-state index in [4.69, 9.17) is 9.73 Å². The largest absolute Gasteiger partial charge is 0.379 e. The number of hydrogen-bond acceptors (Lipinski definition) is 3. The predicted octanol–water partition coefficient (Wildman–Crippen LogP) is 1.93. The highest BCUT2D eigenvalue weighted by Crippen LogP contribution is 2.04. The summed E-state index contributed by atoms with van der Waals surface area (Å²) < 4.78 is 5.38. The third kappa shape index (κ3) is 9.52. The molecule has 6 heteroatoms. The van der Waals surface area contributed by atoms with Gasteiger partial charge in [0.05, 0.1) is 13.2 Å². The summed E-state index contributed by atoms with van der Waals surface area (Å²) in [6, 6.07) is 0.461. The zero-order valence-corrected chi connectivity index (χ0v) is 16.4. The molecule has 2 atom stereocenters. The van der Waals surface area contributed by atoms with Crippen molar-refractivity contribution in [3.05, 3.63) is 0 Å². The van der Waals surface area contributed by atoms with Crippen LogP contribution in [-0.4, -0.2) is 62.8 Å². The molecule has 0 aromatic heterocycles. The van der Waals surface area contributed by atoms with Gasteiger partial charge in [-0.3, -0.25) is 9.89 Å². The number of rotatable bonds is 7. The highest BCUT2D eigenvalue weighted by Gasteiger charge is 2.13. The molecule has 2 N–H and O–H groups in total. The van der Waals surface area contributed by atoms with Gasteiger partial charge >= 0.3 is 0 Å². The second-order valence-corrected chi connectivity index (χ2v) is 5.69. The van der Waals surface area contributed by atoms with Crippen molar-refractivity contribution in [2.45, 2.75) is 40.2 Å². The van der Waals surface area contributed by atoms with Crippen molar-refractivity contribution in [1.82, 2.24) is 15.5 Å². The second kappa shape index (κ2) is 12.5. The molecule has 1 heterocycles. The molecule has 1 saturated heterocycles. The molecule has 0 amide bonds. The first-order valence-electron chi connectivity index (χ1n) is 8.00. The van der Waals surface area contributed by atoms with Gasteiger partial charge in [0.25, 0.3) is 0 Å². The van der Waals surface area contributed by atoms with Crippen LogP contribution in [0.25, 0.3) is 0 Å². The second-order valence-electron chi connectivity index (χ2n) is 5.69. The third-order valence-corrected chi connectivity index (χ3v) is 3.57. The Morgan fingerprint density at radius 2 is 1.90 bits per heavy atom. The Morgan fingerprint density at radius 1 is 1.24 bits per heavy atom. The third-order valence-electron chi connectivity index (χ3n) is 3.57. The molecule has 0 aliphatic carbocycles. The molecule has 0 aromatic rings. The van der Waals surface area contributed by atoms with Gasteiger partial charge in [-0.15, -0.1) is 24.0 Å². The fourth-order valence-electron chi connectivity index (χ4n) is 2.18. The average Bonchev–Trinajstić information content (AvgIpc) is 2.46. The summed E-state index contributed by atoms with van der Waals surface area (Å²) in [5, 5.41) is 6.74. The minimum Gasteiger partial charge on any atom is -0.379 e. The van der Waals surface area contributed by atoms with Crippen LogP contribution >= 0.6 is 24.0 Å². The SMILES string of the molecule is CCNC(=NCC(C)CN1CCOCC1)NC(C)CC.I. The first-order chi connectivity index (χ1) is 9.65. The number of halogens is 1. The smallest absolute Gasteiger partial charge is 0.191 e. The number of nitrogens with zero attached hydrogens (tertiary/aromatic N) is 2. The van der Waals surface area contributed by atoms with E-state index in [-0.39, 0.29) is 24.0 Å². The van der Waals surface area contributed by atoms with Gasteiger partial charge in [-0.1, -0.05) is 13.8 Å². The van der Waals surface area contributed by atoms with Crippen LogP contribution in [0.1, 0.15) is 34.1 Å². The van der Waals surface area contributed by atoms with Crippen molar-refractivity contribution >= 4 is 29.9 Å². The van der Waals surface area contributed by atoms with Crippen LogP contribution < -0.4 is 10.6 Å². The molecule has 2 unspecified atom stereocenters. The topological polar surface area (TPSA) is 48.9 Å². The first-order valence-corrected chi connectivity index (χ1v) is 8.00. The summed E-state index contributed by atoms with van der Waals surface area (Å²) in [6.07, 6.45) is 1.10. The quantitative estimate of drug-likeness (QED) is 0.381. The number of guanidine groups is 1. The Bertz CT molecular complexity index is 283. The summed E-state index contributed by atoms with van der Waals surface area (Å²) in [4.78, 5) is 7.17. The van der Waals surface area contributed by atoms with Gasteiger partial charge in [-0.05, 0) is 26.2 Å². The zero-order valence-electron chi connectivity index (χ0n) is 14.0. The Balaban J connectivity index is 0.00000400. The van der Waals surface area contributed by atoms with E-state index in [1.807, 2.05) is 0 Å². The molecule has 126 valence electrons. The van der Waals surface area contributed by atoms with E-state index in [0.717, 1.165) is 58.3 Å². The lowest BCUT2D eigenvalue weighted by atomic mass is 10.1. The molecule has 5 nitrogen and oxygen atoms in total. The van der Waals surface area contributed by atoms with E-state index < -0.39 is 0 Å². The van der Waals surface area contributed by atoms with Gasteiger partial charge in [-0.2, -0.15) is 0 Å². The first kappa shape index (κ1) is 20.9. The molecule has 0 radical (unpaired) electrons. The van der Waals surface area contributed by atoms with Crippen LogP contribution in [-0.2, 0) is 4.74 Å². The molecule has 1 aliphatic rings. The van der Waals surface area contributed by atoms with Gasteiger partial charge in [-0.25, -0.2) is 0 Å². The summed E-state index contributed by atoms with van der Waals surface area (Å²) in [7, 11) is 0. The molecule has 1 rings (SSSR count). The lowest BCUT2D eigenvalue weighted by Crippen LogP contribution is -2.43. The minimum absolute atomic E-state index is 0. The highest BCUT2D eigenvalue weighted by molar-refractivity contribution is 14.0. The highest BCUT2D eigenvalue weighted by atomic mass is 127. The summed E-state index contributed by atoms with van der Waals surface area (Å²) in [5.41, 5.74) is 0. The Labute approximate surface area is 147 Å². The minimum atomic E-state index is 0. The van der Waals surface area contributed by atoms with Crippen LogP contribution in [0.15, 0.2) is 4.99 Å². The summed E-state index contributed by atoms with van der Waals surface area (Å²) in [6.45, 7) is 15.5. The van der Waals surface area contributed by atoms with Crippen LogP contribution in [0.4, 0.5) is 0 Å². The van der Waals surface area contributed by atoms with Crippen molar-refractivity contribution in [2.24, 2.45) is 10.9 Å². The van der Waals surface area contributed by atoms with Gasteiger partial charge in [0.15, 0.2) is 5.96 Å². The van der Waals surface area contributed by atoms with Crippen molar-refractivity contribution in [2.75, 3.05) is 45.9 Å². The van der Waals surface area contributed by atoms with E-state index in [9.17, 15) is 0 Å². The van der Waals surface area contributed by atoms with Crippen LogP contribution in [0.2, 0.25) is 0 Å². The molecule has 1 fully saturated rings. The molecule has 1 aliphatic heterocycles. The van der Waals surface area contributed by atoms with Crippen LogP contribution in [0.3, 0.4) is 0 Å². The fourth-order valence-corrected chi connectivity index (χ4v) is 2.18. The van der Waals surface area contributed by atoms with Gasteiger partial charge in [0, 0.05) is 38.8 Å². The maximum atomic E-state index is 5.38. The van der Waals surface area contributed by atoms with E-state index in [1.165, 1.54) is 0 Å². The summed E-state index contributed by atoms with van der Waals surface area (Å²) in [5.74, 6) is 1.51. The van der Waals surface area contributed by atoms with E-state index in [0.29, 0.717) is 12.0 Å². The van der Waals surface area contributed by atoms with Gasteiger partial charge in [0.2, 0.25) is 0 Å². The number of morpholine rings is 1. The Morgan fingerprint density at radius 3 is 2.48 bits per heavy atom. The molecule has 21 heavy (non-hydrogen) atoms. The molecule has 0 bridgehead atoms. The normalized spacial score (nSPS) is 19.5. The van der Waals surface area contributed by atoms with E-state index in [2.05, 4.69) is 43.2 Å². The Kier molecular flexibility index (Phi) is 12.4. The zero-order chi connectivity index (χ0) is 14.8. The number of ether oxygens (including phenoxy) is 1. The van der Waals surface area contributed by atoms with Crippen molar-refractivity contribution in [3.8, 4) is 0 Å². The van der Waals surface area contributed by atoms with Crippen molar-refractivity contribution < 1.29 is 4.74 Å². The molecule has 0 saturated carbocycles. The van der Waals surface area contributed by atoms with Gasteiger partial charge in [0.1, 0.15) is 0 Å². The maximum absolute atomic E-state index is 5.38. The monoisotopic (exact) mass is 412 g/mol. The number of nitrogens with one attached hydrogen (secondary N) is 2. The Hall–Kier alpha value is -0.0800. The molecular weight excluding hydrogens is 379 g/mol. The standard InChI is InChI=1S/C15H32N4O.HI/c1-5-14(4)18-15(16-6-2)17-11-13(3)12-19-7-9-20-10-8-19;/h13-14H,5-12H2,1-4H3,(H2,16,17,18);1H. The lowest BCUT2D eigenvalue weighted by Gasteiger charge is -2.28. The molecule has 0 spiro atoms. The molecular formula is C15H33IN4O. The van der Waals surface area contributed by atoms with E-state index in [1.54, 1.807) is 0 Å². The van der Waals surface area contributed by atoms with Crippen molar-refractivity contribution in [3.63, 3.8) is 0 Å². The predicted molar refractivity (Wildman–Crippen MR) is 101 cm³/mol. The van der Waals surface area contributed by atoms with Gasteiger partial charge < -0.3 is 15.4 Å². The number of aliphatic imine (C=N–C) groups is 1. The molecule has 0 aromatic carbocycles. The van der Waals surface area contributed by atoms with E-state index >= 15 is 0 Å². The van der Waals surface area contributed by atoms with Crippen LogP contribution in [0.5, 0.6) is 0 Å².